The molecule has 0 spiro atoms. The highest BCUT2D eigenvalue weighted by Gasteiger charge is 2.22. The Bertz CT molecular complexity index is 796. The van der Waals surface area contributed by atoms with Gasteiger partial charge in [-0.15, -0.1) is 0 Å². The number of piperazine rings is 1. The van der Waals surface area contributed by atoms with Crippen LogP contribution in [0.15, 0.2) is 36.7 Å². The van der Waals surface area contributed by atoms with Gasteiger partial charge >= 0.3 is 0 Å². The average Bonchev–Trinajstić information content (AvgIpc) is 2.72. The highest BCUT2D eigenvalue weighted by Crippen LogP contribution is 2.23. The van der Waals surface area contributed by atoms with Crippen LogP contribution in [0.2, 0.25) is 5.02 Å². The van der Waals surface area contributed by atoms with Crippen molar-refractivity contribution in [1.82, 2.24) is 19.8 Å². The molecule has 2 heterocycles. The Morgan fingerprint density at radius 3 is 2.71 bits per heavy atom. The minimum atomic E-state index is -0.0575. The molecule has 1 aliphatic rings. The zero-order chi connectivity index (χ0) is 19.9. The smallest absolute Gasteiger partial charge is 0.274 e. The van der Waals surface area contributed by atoms with Crippen molar-refractivity contribution < 1.29 is 9.53 Å². The highest BCUT2D eigenvalue weighted by atomic mass is 35.5. The minimum absolute atomic E-state index is 0.0575. The number of hydrogen-bond donors (Lipinski definition) is 0. The van der Waals surface area contributed by atoms with E-state index in [-0.39, 0.29) is 5.91 Å². The highest BCUT2D eigenvalue weighted by molar-refractivity contribution is 6.32. The number of halogens is 1. The second-order valence-electron chi connectivity index (χ2n) is 6.91. The number of hydrogen-bond acceptors (Lipinski definition) is 6. The van der Waals surface area contributed by atoms with Crippen LogP contribution in [0.3, 0.4) is 0 Å². The molecule has 1 aliphatic heterocycles. The van der Waals surface area contributed by atoms with Crippen molar-refractivity contribution in [2.24, 2.45) is 0 Å². The fourth-order valence-electron chi connectivity index (χ4n) is 2.97. The van der Waals surface area contributed by atoms with Gasteiger partial charge < -0.3 is 19.4 Å². The maximum Gasteiger partial charge on any atom is 0.274 e. The van der Waals surface area contributed by atoms with Gasteiger partial charge in [0.1, 0.15) is 17.3 Å². The number of aromatic nitrogens is 2. The summed E-state index contributed by atoms with van der Waals surface area (Å²) in [6, 6.07) is 7.43. The van der Waals surface area contributed by atoms with Crippen molar-refractivity contribution in [3.05, 3.63) is 47.4 Å². The van der Waals surface area contributed by atoms with Crippen LogP contribution >= 0.6 is 11.6 Å². The number of likely N-dealkylation sites (N-methyl/N-ethyl adjacent to an activating group) is 1. The Hall–Kier alpha value is -2.38. The lowest BCUT2D eigenvalue weighted by atomic mass is 10.3. The lowest BCUT2D eigenvalue weighted by molar-refractivity contribution is 0.0658. The second kappa shape index (κ2) is 9.71. The Labute approximate surface area is 170 Å². The largest absolute Gasteiger partial charge is 0.492 e. The monoisotopic (exact) mass is 403 g/mol. The number of nitrogens with zero attached hydrogens (tertiary/aromatic N) is 5. The summed E-state index contributed by atoms with van der Waals surface area (Å²) in [7, 11) is 4.00. The van der Waals surface area contributed by atoms with Crippen LogP contribution < -0.4 is 9.64 Å². The van der Waals surface area contributed by atoms with Crippen molar-refractivity contribution in [3.8, 4) is 5.75 Å². The van der Waals surface area contributed by atoms with Gasteiger partial charge in [-0.05, 0) is 25.6 Å². The first-order valence-corrected chi connectivity index (χ1v) is 9.80. The maximum absolute atomic E-state index is 12.7. The third-order valence-electron chi connectivity index (χ3n) is 4.75. The summed E-state index contributed by atoms with van der Waals surface area (Å²) >= 11 is 6.09. The molecule has 0 bridgehead atoms. The van der Waals surface area contributed by atoms with Crippen molar-refractivity contribution in [2.45, 2.75) is 6.42 Å². The van der Waals surface area contributed by atoms with Crippen LogP contribution in [-0.4, -0.2) is 79.1 Å². The van der Waals surface area contributed by atoms with E-state index in [0.717, 1.165) is 39.1 Å². The Kier molecular flexibility index (Phi) is 7.06. The van der Waals surface area contributed by atoms with Gasteiger partial charge in [-0.3, -0.25) is 9.78 Å². The number of carbonyl (C=O) groups excluding carboxylic acids is 1. The zero-order valence-electron chi connectivity index (χ0n) is 16.3. The van der Waals surface area contributed by atoms with Crippen LogP contribution in [0.25, 0.3) is 0 Å². The predicted molar refractivity (Wildman–Crippen MR) is 110 cm³/mol. The van der Waals surface area contributed by atoms with Crippen molar-refractivity contribution in [2.75, 3.05) is 58.3 Å². The first-order chi connectivity index (χ1) is 13.5. The van der Waals surface area contributed by atoms with Gasteiger partial charge in [-0.25, -0.2) is 4.98 Å². The summed E-state index contributed by atoms with van der Waals surface area (Å²) in [5, 5.41) is 0.608. The van der Waals surface area contributed by atoms with Crippen LogP contribution in [-0.2, 0) is 0 Å². The number of benzene rings is 1. The van der Waals surface area contributed by atoms with Gasteiger partial charge in [0.25, 0.3) is 5.91 Å². The van der Waals surface area contributed by atoms with E-state index in [1.54, 1.807) is 12.4 Å². The summed E-state index contributed by atoms with van der Waals surface area (Å²) in [4.78, 5) is 27.4. The molecule has 0 N–H and O–H groups in total. The molecule has 0 atom stereocenters. The normalized spacial score (nSPS) is 14.8. The summed E-state index contributed by atoms with van der Waals surface area (Å²) in [6.45, 7) is 4.47. The first kappa shape index (κ1) is 20.4. The van der Waals surface area contributed by atoms with Crippen molar-refractivity contribution in [3.63, 3.8) is 0 Å². The summed E-state index contributed by atoms with van der Waals surface area (Å²) < 4.78 is 5.71. The number of carbonyl (C=O) groups is 1. The van der Waals surface area contributed by atoms with E-state index in [2.05, 4.69) is 21.9 Å². The molecule has 1 aromatic heterocycles. The molecule has 28 heavy (non-hydrogen) atoms. The van der Waals surface area contributed by atoms with Gasteiger partial charge in [0, 0.05) is 39.8 Å². The SMILES string of the molecule is CN1CCN(C(=O)c2cncc(N(C)CCCOc3ccccc3Cl)n2)CC1. The van der Waals surface area contributed by atoms with E-state index in [4.69, 9.17) is 16.3 Å². The molecule has 1 fully saturated rings. The minimum Gasteiger partial charge on any atom is -0.492 e. The molecule has 8 heteroatoms. The average molecular weight is 404 g/mol. The lowest BCUT2D eigenvalue weighted by Crippen LogP contribution is -2.47. The molecule has 150 valence electrons. The number of amides is 1. The van der Waals surface area contributed by atoms with Gasteiger partial charge in [-0.1, -0.05) is 23.7 Å². The molecule has 2 aromatic rings. The molecule has 0 unspecified atom stereocenters. The van der Waals surface area contributed by atoms with Crippen LogP contribution in [0, 0.1) is 0 Å². The van der Waals surface area contributed by atoms with Crippen LogP contribution in [0.4, 0.5) is 5.82 Å². The van der Waals surface area contributed by atoms with E-state index in [1.165, 1.54) is 0 Å². The molecule has 3 rings (SSSR count). The molecule has 1 saturated heterocycles. The topological polar surface area (TPSA) is 61.8 Å². The Morgan fingerprint density at radius 1 is 1.21 bits per heavy atom. The van der Waals surface area contributed by atoms with Crippen LogP contribution in [0.1, 0.15) is 16.9 Å². The lowest BCUT2D eigenvalue weighted by Gasteiger charge is -2.32. The fourth-order valence-corrected chi connectivity index (χ4v) is 3.16. The van der Waals surface area contributed by atoms with Crippen molar-refractivity contribution in [1.29, 1.82) is 0 Å². The van der Waals surface area contributed by atoms with Crippen molar-refractivity contribution >= 4 is 23.3 Å². The molecular weight excluding hydrogens is 378 g/mol. The van der Waals surface area contributed by atoms with Gasteiger partial charge in [0.15, 0.2) is 0 Å². The number of anilines is 1. The quantitative estimate of drug-likeness (QED) is 0.662. The van der Waals surface area contributed by atoms with Gasteiger partial charge in [0.05, 0.1) is 24.0 Å². The maximum atomic E-state index is 12.7. The van der Waals surface area contributed by atoms with E-state index in [1.807, 2.05) is 41.1 Å². The molecule has 1 aromatic carbocycles. The van der Waals surface area contributed by atoms with Gasteiger partial charge in [-0.2, -0.15) is 0 Å². The second-order valence-corrected chi connectivity index (χ2v) is 7.32. The van der Waals surface area contributed by atoms with Gasteiger partial charge in [0.2, 0.25) is 0 Å². The number of para-hydroxylation sites is 1. The Balaban J connectivity index is 1.51. The predicted octanol–water partition coefficient (Wildman–Crippen LogP) is 2.42. The van der Waals surface area contributed by atoms with E-state index < -0.39 is 0 Å². The van der Waals surface area contributed by atoms with E-state index in [0.29, 0.717) is 28.9 Å². The van der Waals surface area contributed by atoms with Crippen LogP contribution in [0.5, 0.6) is 5.75 Å². The standard InChI is InChI=1S/C20H26ClN5O2/c1-24-9-11-26(12-10-24)20(27)17-14-22-15-19(23-17)25(2)8-5-13-28-18-7-4-3-6-16(18)21/h3-4,6-7,14-15H,5,8-13H2,1-2H3. The summed E-state index contributed by atoms with van der Waals surface area (Å²) in [5.41, 5.74) is 0.390. The fraction of sp³-hybridized carbons (Fsp3) is 0.450. The number of rotatable bonds is 7. The third-order valence-corrected chi connectivity index (χ3v) is 5.07. The molecule has 1 amide bonds. The summed E-state index contributed by atoms with van der Waals surface area (Å²) in [6.07, 6.45) is 4.01. The Morgan fingerprint density at radius 2 is 1.96 bits per heavy atom. The molecule has 0 saturated carbocycles. The first-order valence-electron chi connectivity index (χ1n) is 9.43. The molecule has 0 aliphatic carbocycles. The zero-order valence-corrected chi connectivity index (χ0v) is 17.1. The number of ether oxygens (including phenoxy) is 1. The molecule has 7 nitrogen and oxygen atoms in total. The van der Waals surface area contributed by atoms with E-state index in [9.17, 15) is 4.79 Å². The van der Waals surface area contributed by atoms with E-state index >= 15 is 0 Å². The summed E-state index contributed by atoms with van der Waals surface area (Å²) in [5.74, 6) is 1.31. The molecular formula is C20H26ClN5O2. The third kappa shape index (κ3) is 5.33. The molecule has 0 radical (unpaired) electrons.